The zero-order valence-corrected chi connectivity index (χ0v) is 19.4. The first-order chi connectivity index (χ1) is 14.1. The summed E-state index contributed by atoms with van der Waals surface area (Å²) in [7, 11) is 1.29. The minimum absolute atomic E-state index is 0.0832. The molecule has 1 saturated heterocycles. The van der Waals surface area contributed by atoms with Gasteiger partial charge in [0.25, 0.3) is 11.6 Å². The van der Waals surface area contributed by atoms with Crippen molar-refractivity contribution in [2.75, 3.05) is 20.3 Å². The van der Waals surface area contributed by atoms with E-state index in [9.17, 15) is 19.5 Å². The van der Waals surface area contributed by atoms with Gasteiger partial charge in [-0.3, -0.25) is 9.59 Å². The molecule has 1 aromatic rings. The zero-order valence-electron chi connectivity index (χ0n) is 15.5. The molecule has 3 atom stereocenters. The smallest absolute Gasteiger partial charge is 0.333 e. The first-order valence-corrected chi connectivity index (χ1v) is 11.5. The van der Waals surface area contributed by atoms with Crippen molar-refractivity contribution in [3.05, 3.63) is 33.4 Å². The number of rotatable bonds is 7. The van der Waals surface area contributed by atoms with Crippen LogP contribution in [0.5, 0.6) is 0 Å². The van der Waals surface area contributed by atoms with Crippen molar-refractivity contribution in [1.29, 1.82) is 0 Å². The number of carbonyl (C=O) groups is 3. The number of carbonyl (C=O) groups excluding carboxylic acids is 3. The Bertz CT molecular complexity index is 860. The second kappa shape index (κ2) is 9.23. The van der Waals surface area contributed by atoms with Gasteiger partial charge in [-0.25, -0.2) is 4.79 Å². The van der Waals surface area contributed by atoms with Crippen LogP contribution in [-0.2, 0) is 30.3 Å². The van der Waals surface area contributed by atoms with Crippen LogP contribution in [0.4, 0.5) is 0 Å². The number of aliphatic hydroxyl groups is 1. The normalized spacial score (nSPS) is 25.8. The van der Waals surface area contributed by atoms with Gasteiger partial charge in [0.2, 0.25) is 9.70 Å². The van der Waals surface area contributed by atoms with Crippen molar-refractivity contribution in [3.8, 4) is 0 Å². The molecule has 30 heavy (non-hydrogen) atoms. The molecule has 2 aliphatic heterocycles. The van der Waals surface area contributed by atoms with Gasteiger partial charge in [0.05, 0.1) is 13.0 Å². The molecule has 0 aromatic carbocycles. The number of thiophene rings is 1. The first-order valence-electron chi connectivity index (χ1n) is 8.53. The molecule has 1 fully saturated rings. The van der Waals surface area contributed by atoms with Gasteiger partial charge in [-0.1, -0.05) is 40.9 Å². The van der Waals surface area contributed by atoms with Crippen LogP contribution >= 0.6 is 57.9 Å². The number of β-lactam (4-membered cyclic amide) rings is 1. The summed E-state index contributed by atoms with van der Waals surface area (Å²) in [6.45, 7) is -1.01. The molecule has 0 bridgehead atoms. The van der Waals surface area contributed by atoms with Crippen molar-refractivity contribution < 1.29 is 29.0 Å². The number of fused-ring (bicyclic) bond motifs is 1. The van der Waals surface area contributed by atoms with Crippen LogP contribution in [0.15, 0.2) is 28.5 Å². The lowest BCUT2D eigenvalue weighted by Gasteiger charge is -2.57. The Balaban J connectivity index is 1.78. The van der Waals surface area contributed by atoms with Crippen LogP contribution < -0.4 is 5.32 Å². The van der Waals surface area contributed by atoms with Gasteiger partial charge in [0.1, 0.15) is 12.0 Å². The number of hydrogen-bond donors (Lipinski definition) is 2. The Morgan fingerprint density at radius 1 is 1.40 bits per heavy atom. The summed E-state index contributed by atoms with van der Waals surface area (Å²) in [4.78, 5) is 40.2. The van der Waals surface area contributed by atoms with Crippen molar-refractivity contribution in [2.24, 2.45) is 0 Å². The molecule has 164 valence electrons. The molecule has 0 aliphatic carbocycles. The second-order valence-electron chi connectivity index (χ2n) is 6.42. The highest BCUT2D eigenvalue weighted by atomic mass is 35.6. The highest BCUT2D eigenvalue weighted by molar-refractivity contribution is 8.03. The van der Waals surface area contributed by atoms with E-state index < -0.39 is 51.9 Å². The summed E-state index contributed by atoms with van der Waals surface area (Å²) in [5.41, 5.74) is -1.40. The minimum atomic E-state index is -1.83. The number of alkyl halides is 3. The molecule has 8 nitrogen and oxygen atoms in total. The fraction of sp³-hybridized carbons (Fsp3) is 0.471. The van der Waals surface area contributed by atoms with Crippen LogP contribution in [0.25, 0.3) is 0 Å². The van der Waals surface area contributed by atoms with Gasteiger partial charge in [-0.2, -0.15) is 0 Å². The number of methoxy groups -OCH3 is 1. The molecule has 3 heterocycles. The first kappa shape index (κ1) is 23.6. The monoisotopic (exact) mass is 514 g/mol. The van der Waals surface area contributed by atoms with Crippen LogP contribution in [-0.4, -0.2) is 69.0 Å². The quantitative estimate of drug-likeness (QED) is 0.247. The fourth-order valence-corrected chi connectivity index (χ4v) is 5.31. The molecule has 2 aliphatic rings. The number of thioether (sulfide) groups is 1. The number of aliphatic hydroxyl groups excluding tert-OH is 1. The van der Waals surface area contributed by atoms with E-state index >= 15 is 0 Å². The largest absolute Gasteiger partial charge is 0.459 e. The van der Waals surface area contributed by atoms with E-state index in [1.807, 2.05) is 11.4 Å². The molecule has 2 N–H and O–H groups in total. The van der Waals surface area contributed by atoms with E-state index in [4.69, 9.17) is 44.3 Å². The summed E-state index contributed by atoms with van der Waals surface area (Å²) in [6, 6.07) is 2.40. The van der Waals surface area contributed by atoms with E-state index in [-0.39, 0.29) is 12.0 Å². The highest BCUT2D eigenvalue weighted by Gasteiger charge is 2.67. The van der Waals surface area contributed by atoms with Crippen molar-refractivity contribution in [2.45, 2.75) is 27.4 Å². The topological polar surface area (TPSA) is 105 Å². The third-order valence-electron chi connectivity index (χ3n) is 4.48. The molecule has 0 radical (unpaired) electrons. The van der Waals surface area contributed by atoms with Crippen molar-refractivity contribution >= 4 is 75.7 Å². The van der Waals surface area contributed by atoms with E-state index in [2.05, 4.69) is 5.32 Å². The van der Waals surface area contributed by atoms with E-state index in [1.165, 1.54) is 28.8 Å². The lowest BCUT2D eigenvalue weighted by Crippen LogP contribution is -2.83. The average molecular weight is 516 g/mol. The Morgan fingerprint density at radius 2 is 2.13 bits per heavy atom. The van der Waals surface area contributed by atoms with Crippen molar-refractivity contribution in [1.82, 2.24) is 10.2 Å². The number of nitrogens with zero attached hydrogens (tertiary/aromatic N) is 1. The van der Waals surface area contributed by atoms with Crippen LogP contribution in [0.3, 0.4) is 0 Å². The van der Waals surface area contributed by atoms with Gasteiger partial charge in [-0.05, 0) is 22.4 Å². The maximum Gasteiger partial charge on any atom is 0.333 e. The number of nitrogens with one attached hydrogen (secondary N) is 1. The molecule has 1 aromatic heterocycles. The number of ether oxygens (including phenoxy) is 2. The standard InChI is InChI=1S/C17H17Cl3N2O6S2/c1-27-17(21-11(24)5-10-3-2-4-29-10)14(26)22-12(9(6-23)7-30-15(17)22)13(25)28-8-16(18,19)20/h2-4,7,12,15,23H,5-6,8H2,1H3,(H,21,24)/t12?,15-,17?/m0/s1. The number of hydrogen-bond acceptors (Lipinski definition) is 8. The lowest BCUT2D eigenvalue weighted by molar-refractivity contribution is -0.202. The summed E-state index contributed by atoms with van der Waals surface area (Å²) in [5.74, 6) is -1.91. The molecule has 0 saturated carbocycles. The van der Waals surface area contributed by atoms with E-state index in [0.717, 1.165) is 16.6 Å². The SMILES string of the molecule is COC1(NC(=O)Cc2cccs2)C(=O)N2C(C(=O)OCC(Cl)(Cl)Cl)C(CO)=CS[C@H]21. The van der Waals surface area contributed by atoms with Gasteiger partial charge in [0, 0.05) is 12.0 Å². The van der Waals surface area contributed by atoms with E-state index in [0.29, 0.717) is 0 Å². The zero-order chi connectivity index (χ0) is 22.1. The molecular weight excluding hydrogens is 499 g/mol. The van der Waals surface area contributed by atoms with E-state index in [1.54, 1.807) is 6.07 Å². The summed E-state index contributed by atoms with van der Waals surface area (Å²) >= 11 is 19.4. The summed E-state index contributed by atoms with van der Waals surface area (Å²) in [6.07, 6.45) is 0.0832. The molecule has 0 spiro atoms. The maximum atomic E-state index is 13.0. The maximum absolute atomic E-state index is 13.0. The van der Waals surface area contributed by atoms with Gasteiger partial charge >= 0.3 is 5.97 Å². The second-order valence-corrected chi connectivity index (χ2v) is 10.9. The Kier molecular flexibility index (Phi) is 7.28. The van der Waals surface area contributed by atoms with Crippen LogP contribution in [0.1, 0.15) is 4.88 Å². The molecule has 2 unspecified atom stereocenters. The molecule has 3 rings (SSSR count). The fourth-order valence-electron chi connectivity index (χ4n) is 3.14. The number of amides is 2. The minimum Gasteiger partial charge on any atom is -0.459 e. The number of esters is 1. The van der Waals surface area contributed by atoms with Crippen molar-refractivity contribution in [3.63, 3.8) is 0 Å². The Labute approximate surface area is 195 Å². The Hall–Kier alpha value is -1.01. The van der Waals surface area contributed by atoms with Gasteiger partial charge in [0.15, 0.2) is 6.04 Å². The predicted molar refractivity (Wildman–Crippen MR) is 114 cm³/mol. The molecular formula is C17H17Cl3N2O6S2. The summed E-state index contributed by atoms with van der Waals surface area (Å²) in [5, 5.41) is 14.9. The molecule has 13 heteroatoms. The number of halogens is 3. The molecule has 2 amide bonds. The predicted octanol–water partition coefficient (Wildman–Crippen LogP) is 1.82. The van der Waals surface area contributed by atoms with Gasteiger partial charge in [-0.15, -0.1) is 23.1 Å². The third kappa shape index (κ3) is 4.59. The third-order valence-corrected chi connectivity index (χ3v) is 6.94. The summed E-state index contributed by atoms with van der Waals surface area (Å²) < 4.78 is 8.60. The lowest BCUT2D eigenvalue weighted by atomic mass is 9.94. The Morgan fingerprint density at radius 3 is 2.70 bits per heavy atom. The van der Waals surface area contributed by atoms with Crippen LogP contribution in [0, 0.1) is 0 Å². The van der Waals surface area contributed by atoms with Gasteiger partial charge < -0.3 is 24.8 Å². The van der Waals surface area contributed by atoms with Crippen LogP contribution in [0.2, 0.25) is 0 Å². The highest BCUT2D eigenvalue weighted by Crippen LogP contribution is 2.46. The average Bonchev–Trinajstić information content (AvgIpc) is 3.21.